The van der Waals surface area contributed by atoms with E-state index in [0.29, 0.717) is 32.9 Å². The second kappa shape index (κ2) is 9.71. The molecular formula is C22H19ClN6O5. The Balaban J connectivity index is 1.47. The zero-order chi connectivity index (χ0) is 24.2. The number of carbonyl (C=O) groups excluding carboxylic acids is 1. The monoisotopic (exact) mass is 482 g/mol. The first-order valence-electron chi connectivity index (χ1n) is 10.1. The van der Waals surface area contributed by atoms with Crippen LogP contribution in [0.3, 0.4) is 0 Å². The summed E-state index contributed by atoms with van der Waals surface area (Å²) >= 11 is 5.98. The van der Waals surface area contributed by atoms with E-state index in [0.717, 1.165) is 0 Å². The molecule has 12 heteroatoms. The third-order valence-electron chi connectivity index (χ3n) is 5.11. The fourth-order valence-electron chi connectivity index (χ4n) is 3.47. The molecule has 0 radical (unpaired) electrons. The molecule has 1 amide bonds. The number of fused-ring (bicyclic) bond motifs is 1. The highest BCUT2D eigenvalue weighted by atomic mass is 35.5. The predicted octanol–water partition coefficient (Wildman–Crippen LogP) is 2.64. The molecule has 1 N–H and O–H groups in total. The highest BCUT2D eigenvalue weighted by Gasteiger charge is 2.14. The maximum atomic E-state index is 12.9. The Hall–Kier alpha value is -4.25. The van der Waals surface area contributed by atoms with Crippen LogP contribution >= 0.6 is 11.6 Å². The molecule has 0 unspecified atom stereocenters. The van der Waals surface area contributed by atoms with Gasteiger partial charge in [-0.25, -0.2) is 9.67 Å². The van der Waals surface area contributed by atoms with Gasteiger partial charge in [0.15, 0.2) is 5.65 Å². The summed E-state index contributed by atoms with van der Waals surface area (Å²) in [6.45, 7) is 0.634. The van der Waals surface area contributed by atoms with Crippen molar-refractivity contribution in [1.82, 2.24) is 24.6 Å². The predicted molar refractivity (Wildman–Crippen MR) is 124 cm³/mol. The fourth-order valence-corrected chi connectivity index (χ4v) is 3.64. The minimum Gasteiger partial charge on any atom is -0.496 e. The Labute approximate surface area is 197 Å². The van der Waals surface area contributed by atoms with Crippen molar-refractivity contribution in [3.05, 3.63) is 91.6 Å². The highest BCUT2D eigenvalue weighted by Crippen LogP contribution is 2.22. The van der Waals surface area contributed by atoms with Crippen molar-refractivity contribution in [3.63, 3.8) is 0 Å². The number of aromatic nitrogens is 4. The van der Waals surface area contributed by atoms with E-state index in [1.54, 1.807) is 24.3 Å². The average Bonchev–Trinajstić information content (AvgIpc) is 3.24. The molecule has 4 aromatic rings. The van der Waals surface area contributed by atoms with E-state index in [1.807, 2.05) is 0 Å². The Morgan fingerprint density at radius 2 is 2.09 bits per heavy atom. The standard InChI is InChI=1S/C22H19ClN6O5/c1-34-19-6-5-15(23)10-17(19)21(30)24-7-8-28-20-18(11-26-28)22(31)27(13-25-20)12-14-3-2-4-16(9-14)29(32)33/h2-6,9-11,13H,7-8,12H2,1H3,(H,24,30). The van der Waals surface area contributed by atoms with Gasteiger partial charge in [-0.2, -0.15) is 5.10 Å². The lowest BCUT2D eigenvalue weighted by atomic mass is 10.2. The van der Waals surface area contributed by atoms with Gasteiger partial charge >= 0.3 is 0 Å². The molecule has 0 atom stereocenters. The molecule has 2 heterocycles. The first kappa shape index (κ1) is 22.9. The lowest BCUT2D eigenvalue weighted by Crippen LogP contribution is -2.28. The van der Waals surface area contributed by atoms with Gasteiger partial charge in [-0.15, -0.1) is 0 Å². The molecule has 11 nitrogen and oxygen atoms in total. The van der Waals surface area contributed by atoms with Crippen molar-refractivity contribution in [3.8, 4) is 5.75 Å². The van der Waals surface area contributed by atoms with Crippen molar-refractivity contribution in [1.29, 1.82) is 0 Å². The SMILES string of the molecule is COc1ccc(Cl)cc1C(=O)NCCn1ncc2c(=O)n(Cc3cccc([N+](=O)[O-])c3)cnc21. The lowest BCUT2D eigenvalue weighted by molar-refractivity contribution is -0.384. The van der Waals surface area contributed by atoms with Crippen LogP contribution in [0.5, 0.6) is 5.75 Å². The molecule has 34 heavy (non-hydrogen) atoms. The number of halogens is 1. The number of methoxy groups -OCH3 is 1. The third kappa shape index (κ3) is 4.74. The molecule has 0 saturated carbocycles. The molecule has 0 aliphatic rings. The molecule has 174 valence electrons. The number of carbonyl (C=O) groups is 1. The van der Waals surface area contributed by atoms with Gasteiger partial charge in [0.1, 0.15) is 17.5 Å². The van der Waals surface area contributed by atoms with Crippen molar-refractivity contribution in [2.24, 2.45) is 0 Å². The number of nitrogens with one attached hydrogen (secondary N) is 1. The van der Waals surface area contributed by atoms with E-state index < -0.39 is 4.92 Å². The van der Waals surface area contributed by atoms with Crippen LogP contribution in [0, 0.1) is 10.1 Å². The van der Waals surface area contributed by atoms with Gasteiger partial charge in [-0.05, 0) is 23.8 Å². The van der Waals surface area contributed by atoms with Gasteiger partial charge in [-0.1, -0.05) is 23.7 Å². The Bertz CT molecular complexity index is 1450. The minimum absolute atomic E-state index is 0.0511. The third-order valence-corrected chi connectivity index (χ3v) is 5.35. The average molecular weight is 483 g/mol. The molecule has 2 aromatic heterocycles. The summed E-state index contributed by atoms with van der Waals surface area (Å²) in [6.07, 6.45) is 2.79. The van der Waals surface area contributed by atoms with Gasteiger partial charge in [0.05, 0.1) is 36.9 Å². The number of hydrogen-bond acceptors (Lipinski definition) is 7. The van der Waals surface area contributed by atoms with Gasteiger partial charge in [0, 0.05) is 23.7 Å². The van der Waals surface area contributed by atoms with Gasteiger partial charge in [-0.3, -0.25) is 24.3 Å². The molecule has 2 aromatic carbocycles. The van der Waals surface area contributed by atoms with Gasteiger partial charge < -0.3 is 10.1 Å². The Morgan fingerprint density at radius 3 is 2.85 bits per heavy atom. The molecule has 0 fully saturated rings. The number of nitro groups is 1. The molecule has 0 bridgehead atoms. The summed E-state index contributed by atoms with van der Waals surface area (Å²) in [5.41, 5.74) is 0.904. The van der Waals surface area contributed by atoms with Gasteiger partial charge in [0.2, 0.25) is 0 Å². The van der Waals surface area contributed by atoms with Crippen LogP contribution < -0.4 is 15.6 Å². The summed E-state index contributed by atoms with van der Waals surface area (Å²) in [4.78, 5) is 40.2. The number of ether oxygens (including phenoxy) is 1. The van der Waals surface area contributed by atoms with Gasteiger partial charge in [0.25, 0.3) is 17.2 Å². The number of nitrogens with zero attached hydrogens (tertiary/aromatic N) is 5. The normalized spacial score (nSPS) is 10.9. The second-order valence-corrected chi connectivity index (χ2v) is 7.75. The smallest absolute Gasteiger partial charge is 0.269 e. The van der Waals surface area contributed by atoms with E-state index in [9.17, 15) is 19.7 Å². The summed E-state index contributed by atoms with van der Waals surface area (Å²) in [6, 6.07) is 10.8. The number of amides is 1. The van der Waals surface area contributed by atoms with Crippen LogP contribution in [0.2, 0.25) is 5.02 Å². The van der Waals surface area contributed by atoms with Crippen LogP contribution in [0.1, 0.15) is 15.9 Å². The van der Waals surface area contributed by atoms with E-state index in [4.69, 9.17) is 16.3 Å². The quantitative estimate of drug-likeness (QED) is 0.301. The van der Waals surface area contributed by atoms with Crippen LogP contribution in [-0.2, 0) is 13.1 Å². The summed E-state index contributed by atoms with van der Waals surface area (Å²) < 4.78 is 8.08. The summed E-state index contributed by atoms with van der Waals surface area (Å²) in [5.74, 6) is 0.0421. The molecule has 0 aliphatic heterocycles. The molecule has 4 rings (SSSR count). The maximum absolute atomic E-state index is 12.9. The number of benzene rings is 2. The first-order valence-corrected chi connectivity index (χ1v) is 10.5. The minimum atomic E-state index is -0.487. The summed E-state index contributed by atoms with van der Waals surface area (Å²) in [7, 11) is 1.47. The van der Waals surface area contributed by atoms with E-state index in [-0.39, 0.29) is 36.8 Å². The fraction of sp³-hybridized carbons (Fsp3) is 0.182. The summed E-state index contributed by atoms with van der Waals surface area (Å²) in [5, 5.41) is 18.7. The maximum Gasteiger partial charge on any atom is 0.269 e. The number of nitro benzene ring substituents is 1. The molecular weight excluding hydrogens is 464 g/mol. The first-order chi connectivity index (χ1) is 16.4. The van der Waals surface area contributed by atoms with Crippen LogP contribution in [0.25, 0.3) is 11.0 Å². The lowest BCUT2D eigenvalue weighted by Gasteiger charge is -2.10. The van der Waals surface area contributed by atoms with Crippen LogP contribution in [0.4, 0.5) is 5.69 Å². The van der Waals surface area contributed by atoms with E-state index in [2.05, 4.69) is 15.4 Å². The second-order valence-electron chi connectivity index (χ2n) is 7.31. The molecule has 0 spiro atoms. The number of non-ortho nitro benzene ring substituents is 1. The van der Waals surface area contributed by atoms with Crippen molar-refractivity contribution < 1.29 is 14.5 Å². The Kier molecular flexibility index (Phi) is 6.55. The zero-order valence-electron chi connectivity index (χ0n) is 18.0. The molecule has 0 aliphatic carbocycles. The Morgan fingerprint density at radius 1 is 1.26 bits per heavy atom. The van der Waals surface area contributed by atoms with Crippen LogP contribution in [0.15, 0.2) is 59.8 Å². The molecule has 0 saturated heterocycles. The zero-order valence-corrected chi connectivity index (χ0v) is 18.7. The van der Waals surface area contributed by atoms with Crippen molar-refractivity contribution in [2.75, 3.05) is 13.7 Å². The largest absolute Gasteiger partial charge is 0.496 e. The van der Waals surface area contributed by atoms with Crippen LogP contribution in [-0.4, -0.2) is 43.8 Å². The number of hydrogen-bond donors (Lipinski definition) is 1. The highest BCUT2D eigenvalue weighted by molar-refractivity contribution is 6.31. The van der Waals surface area contributed by atoms with Crippen molar-refractivity contribution in [2.45, 2.75) is 13.1 Å². The van der Waals surface area contributed by atoms with E-state index >= 15 is 0 Å². The van der Waals surface area contributed by atoms with Crippen molar-refractivity contribution >= 4 is 34.2 Å². The topological polar surface area (TPSA) is 134 Å². The van der Waals surface area contributed by atoms with E-state index in [1.165, 1.54) is 47.1 Å². The number of rotatable bonds is 8.